The predicted molar refractivity (Wildman–Crippen MR) is 70.9 cm³/mol. The fourth-order valence-electron chi connectivity index (χ4n) is 1.38. The first-order chi connectivity index (χ1) is 8.33. The Morgan fingerprint density at radius 1 is 1.06 bits per heavy atom. The van der Waals surface area contributed by atoms with Crippen LogP contribution in [0.5, 0.6) is 5.75 Å². The Kier molecular flexibility index (Phi) is 7.80. The van der Waals surface area contributed by atoms with Gasteiger partial charge in [-0.2, -0.15) is 0 Å². The Morgan fingerprint density at radius 2 is 1.71 bits per heavy atom. The number of hydrogen-bond donors (Lipinski definition) is 1. The van der Waals surface area contributed by atoms with Crippen LogP contribution in [0.1, 0.15) is 12.8 Å². The van der Waals surface area contributed by atoms with E-state index in [4.69, 9.17) is 21.1 Å². The monoisotopic (exact) mass is 257 g/mol. The van der Waals surface area contributed by atoms with Gasteiger partial charge in [0.05, 0.1) is 6.61 Å². The summed E-state index contributed by atoms with van der Waals surface area (Å²) < 4.78 is 10.5. The van der Waals surface area contributed by atoms with Crippen LogP contribution in [0, 0.1) is 0 Å². The standard InChI is InChI=1S/C13H20ClNO2/c1-16-10-2-8-15-9-3-11-17-13-6-4-12(14)5-7-13/h4-7,15H,2-3,8-11H2,1H3. The molecule has 0 bridgehead atoms. The summed E-state index contributed by atoms with van der Waals surface area (Å²) in [5, 5.41) is 4.07. The first kappa shape index (κ1) is 14.3. The largest absolute Gasteiger partial charge is 0.494 e. The van der Waals surface area contributed by atoms with Gasteiger partial charge < -0.3 is 14.8 Å². The summed E-state index contributed by atoms with van der Waals surface area (Å²) >= 11 is 5.78. The second-order valence-electron chi connectivity index (χ2n) is 3.75. The molecule has 3 nitrogen and oxygen atoms in total. The number of nitrogens with one attached hydrogen (secondary N) is 1. The van der Waals surface area contributed by atoms with Crippen LogP contribution < -0.4 is 10.1 Å². The molecule has 0 atom stereocenters. The van der Waals surface area contributed by atoms with Gasteiger partial charge in [0.25, 0.3) is 0 Å². The number of rotatable bonds is 9. The van der Waals surface area contributed by atoms with Crippen molar-refractivity contribution < 1.29 is 9.47 Å². The highest BCUT2D eigenvalue weighted by molar-refractivity contribution is 6.30. The summed E-state index contributed by atoms with van der Waals surface area (Å²) in [6, 6.07) is 7.43. The summed E-state index contributed by atoms with van der Waals surface area (Å²) in [4.78, 5) is 0. The fourth-order valence-corrected chi connectivity index (χ4v) is 1.51. The number of methoxy groups -OCH3 is 1. The maximum absolute atomic E-state index is 5.78. The molecule has 0 aliphatic carbocycles. The van der Waals surface area contributed by atoms with Crippen molar-refractivity contribution in [3.8, 4) is 5.75 Å². The van der Waals surface area contributed by atoms with E-state index in [1.807, 2.05) is 24.3 Å². The molecule has 0 spiro atoms. The van der Waals surface area contributed by atoms with E-state index in [1.165, 1.54) is 0 Å². The van der Waals surface area contributed by atoms with Crippen molar-refractivity contribution in [3.63, 3.8) is 0 Å². The first-order valence-electron chi connectivity index (χ1n) is 5.91. The molecule has 0 unspecified atom stereocenters. The molecule has 1 rings (SSSR count). The Labute approximate surface area is 108 Å². The van der Waals surface area contributed by atoms with E-state index in [-0.39, 0.29) is 0 Å². The lowest BCUT2D eigenvalue weighted by Crippen LogP contribution is -2.19. The van der Waals surface area contributed by atoms with Gasteiger partial charge >= 0.3 is 0 Å². The molecule has 0 radical (unpaired) electrons. The van der Waals surface area contributed by atoms with E-state index >= 15 is 0 Å². The molecule has 0 amide bonds. The summed E-state index contributed by atoms with van der Waals surface area (Å²) in [5.74, 6) is 0.869. The van der Waals surface area contributed by atoms with Gasteiger partial charge in [0, 0.05) is 18.7 Å². The van der Waals surface area contributed by atoms with E-state index in [9.17, 15) is 0 Å². The van der Waals surface area contributed by atoms with E-state index in [2.05, 4.69) is 5.32 Å². The average Bonchev–Trinajstić information content (AvgIpc) is 2.35. The van der Waals surface area contributed by atoms with Gasteiger partial charge in [-0.1, -0.05) is 11.6 Å². The van der Waals surface area contributed by atoms with Gasteiger partial charge in [0.1, 0.15) is 5.75 Å². The fraction of sp³-hybridized carbons (Fsp3) is 0.538. The van der Waals surface area contributed by atoms with Crippen molar-refractivity contribution in [2.45, 2.75) is 12.8 Å². The number of ether oxygens (including phenoxy) is 2. The first-order valence-corrected chi connectivity index (χ1v) is 6.29. The zero-order chi connectivity index (χ0) is 12.3. The average molecular weight is 258 g/mol. The van der Waals surface area contributed by atoms with Gasteiger partial charge in [0.2, 0.25) is 0 Å². The van der Waals surface area contributed by atoms with E-state index in [0.717, 1.165) is 49.9 Å². The van der Waals surface area contributed by atoms with Crippen LogP contribution in [0.2, 0.25) is 5.02 Å². The van der Waals surface area contributed by atoms with Crippen molar-refractivity contribution in [3.05, 3.63) is 29.3 Å². The van der Waals surface area contributed by atoms with E-state index in [1.54, 1.807) is 7.11 Å². The molecule has 0 aliphatic rings. The third-order valence-corrected chi connectivity index (χ3v) is 2.53. The maximum Gasteiger partial charge on any atom is 0.119 e. The van der Waals surface area contributed by atoms with Crippen molar-refractivity contribution in [2.75, 3.05) is 33.4 Å². The second kappa shape index (κ2) is 9.28. The zero-order valence-electron chi connectivity index (χ0n) is 10.2. The van der Waals surface area contributed by atoms with Crippen LogP contribution >= 0.6 is 11.6 Å². The van der Waals surface area contributed by atoms with Gasteiger partial charge in [-0.05, 0) is 50.2 Å². The van der Waals surface area contributed by atoms with Crippen LogP contribution in [-0.2, 0) is 4.74 Å². The molecular weight excluding hydrogens is 238 g/mol. The number of halogens is 1. The quantitative estimate of drug-likeness (QED) is 0.690. The molecule has 0 heterocycles. The van der Waals surface area contributed by atoms with Crippen molar-refractivity contribution in [1.29, 1.82) is 0 Å². The molecule has 0 aromatic heterocycles. The lowest BCUT2D eigenvalue weighted by molar-refractivity contribution is 0.194. The molecular formula is C13H20ClNO2. The summed E-state index contributed by atoms with van der Waals surface area (Å²) in [6.45, 7) is 3.50. The molecule has 1 aromatic carbocycles. The third-order valence-electron chi connectivity index (χ3n) is 2.28. The summed E-state index contributed by atoms with van der Waals surface area (Å²) in [7, 11) is 1.72. The van der Waals surface area contributed by atoms with E-state index < -0.39 is 0 Å². The molecule has 0 saturated heterocycles. The van der Waals surface area contributed by atoms with Gasteiger partial charge in [-0.25, -0.2) is 0 Å². The van der Waals surface area contributed by atoms with E-state index in [0.29, 0.717) is 0 Å². The Balaban J connectivity index is 1.95. The zero-order valence-corrected chi connectivity index (χ0v) is 11.0. The van der Waals surface area contributed by atoms with Gasteiger partial charge in [-0.3, -0.25) is 0 Å². The Morgan fingerprint density at radius 3 is 2.35 bits per heavy atom. The Hall–Kier alpha value is -0.770. The molecule has 1 N–H and O–H groups in total. The van der Waals surface area contributed by atoms with Gasteiger partial charge in [0.15, 0.2) is 0 Å². The van der Waals surface area contributed by atoms with Crippen LogP contribution in [0.4, 0.5) is 0 Å². The molecule has 17 heavy (non-hydrogen) atoms. The highest BCUT2D eigenvalue weighted by atomic mass is 35.5. The smallest absolute Gasteiger partial charge is 0.119 e. The topological polar surface area (TPSA) is 30.5 Å². The van der Waals surface area contributed by atoms with Crippen LogP contribution in [0.15, 0.2) is 24.3 Å². The number of hydrogen-bond acceptors (Lipinski definition) is 3. The third kappa shape index (κ3) is 7.21. The van der Waals surface area contributed by atoms with Crippen molar-refractivity contribution >= 4 is 11.6 Å². The highest BCUT2D eigenvalue weighted by Crippen LogP contribution is 2.15. The van der Waals surface area contributed by atoms with Crippen molar-refractivity contribution in [2.24, 2.45) is 0 Å². The predicted octanol–water partition coefficient (Wildman–Crippen LogP) is 2.74. The van der Waals surface area contributed by atoms with Crippen LogP contribution in [-0.4, -0.2) is 33.4 Å². The van der Waals surface area contributed by atoms with Crippen LogP contribution in [0.25, 0.3) is 0 Å². The number of benzene rings is 1. The minimum absolute atomic E-state index is 0.721. The molecule has 96 valence electrons. The minimum atomic E-state index is 0.721. The maximum atomic E-state index is 5.78. The molecule has 0 saturated carbocycles. The van der Waals surface area contributed by atoms with Gasteiger partial charge in [-0.15, -0.1) is 0 Å². The minimum Gasteiger partial charge on any atom is -0.494 e. The lowest BCUT2D eigenvalue weighted by Gasteiger charge is -2.07. The molecule has 0 aliphatic heterocycles. The van der Waals surface area contributed by atoms with Crippen molar-refractivity contribution in [1.82, 2.24) is 5.32 Å². The Bertz CT molecular complexity index is 290. The summed E-state index contributed by atoms with van der Waals surface area (Å²) in [5.41, 5.74) is 0. The molecule has 4 heteroatoms. The lowest BCUT2D eigenvalue weighted by atomic mass is 10.3. The summed E-state index contributed by atoms with van der Waals surface area (Å²) in [6.07, 6.45) is 2.05. The normalized spacial score (nSPS) is 10.5. The molecule has 1 aromatic rings. The SMILES string of the molecule is COCCCNCCCOc1ccc(Cl)cc1. The van der Waals surface area contributed by atoms with Crippen LogP contribution in [0.3, 0.4) is 0 Å². The highest BCUT2D eigenvalue weighted by Gasteiger charge is 1.94. The molecule has 0 fully saturated rings. The second-order valence-corrected chi connectivity index (χ2v) is 4.19.